The van der Waals surface area contributed by atoms with E-state index in [1.165, 1.54) is 6.92 Å². The third-order valence-electron chi connectivity index (χ3n) is 3.17. The molecule has 0 fully saturated rings. The van der Waals surface area contributed by atoms with Gasteiger partial charge in [0.2, 0.25) is 0 Å². The van der Waals surface area contributed by atoms with E-state index < -0.39 is 5.97 Å². The van der Waals surface area contributed by atoms with Crippen molar-refractivity contribution in [3.63, 3.8) is 0 Å². The molecule has 0 heterocycles. The molecule has 4 heteroatoms. The lowest BCUT2D eigenvalue weighted by atomic mass is 10.1. The van der Waals surface area contributed by atoms with E-state index in [9.17, 15) is 9.59 Å². The van der Waals surface area contributed by atoms with Crippen LogP contribution in [0.25, 0.3) is 0 Å². The highest BCUT2D eigenvalue weighted by molar-refractivity contribution is 6.07. The molecule has 2 aromatic rings. The Morgan fingerprint density at radius 3 is 2.09 bits per heavy atom. The second-order valence-electron chi connectivity index (χ2n) is 4.88. The first-order valence-electron chi connectivity index (χ1n) is 6.90. The van der Waals surface area contributed by atoms with Crippen LogP contribution in [0, 0.1) is 0 Å². The van der Waals surface area contributed by atoms with Crippen LogP contribution >= 0.6 is 0 Å². The number of nitrogens with zero attached hydrogens (tertiary/aromatic N) is 1. The molecule has 0 saturated heterocycles. The van der Waals surface area contributed by atoms with Gasteiger partial charge in [-0.3, -0.25) is 4.79 Å². The van der Waals surface area contributed by atoms with Crippen molar-refractivity contribution in [1.29, 1.82) is 0 Å². The smallest absolute Gasteiger partial charge is 0.328 e. The Morgan fingerprint density at radius 2 is 1.55 bits per heavy atom. The molecule has 0 atom stereocenters. The van der Waals surface area contributed by atoms with Crippen molar-refractivity contribution in [2.45, 2.75) is 13.5 Å². The van der Waals surface area contributed by atoms with Gasteiger partial charge < -0.3 is 10.0 Å². The van der Waals surface area contributed by atoms with Crippen LogP contribution in [-0.4, -0.2) is 17.0 Å². The molecule has 1 N–H and O–H groups in total. The van der Waals surface area contributed by atoms with Crippen molar-refractivity contribution in [3.05, 3.63) is 77.9 Å². The summed E-state index contributed by atoms with van der Waals surface area (Å²) in [5.74, 6) is -1.45. The van der Waals surface area contributed by atoms with E-state index in [0.29, 0.717) is 6.54 Å². The normalized spacial score (nSPS) is 11.0. The Balaban J connectivity index is 2.34. The summed E-state index contributed by atoms with van der Waals surface area (Å²) < 4.78 is 0. The molecule has 4 nitrogen and oxygen atoms in total. The number of benzene rings is 2. The molecule has 1 amide bonds. The lowest BCUT2D eigenvalue weighted by Crippen LogP contribution is -2.31. The molecule has 2 aromatic carbocycles. The molecular weight excluding hydrogens is 278 g/mol. The van der Waals surface area contributed by atoms with Crippen molar-refractivity contribution < 1.29 is 14.7 Å². The van der Waals surface area contributed by atoms with E-state index in [2.05, 4.69) is 0 Å². The number of carbonyl (C=O) groups excluding carboxylic acids is 1. The number of hydrogen-bond acceptors (Lipinski definition) is 2. The van der Waals surface area contributed by atoms with Gasteiger partial charge in [0.05, 0.1) is 6.54 Å². The fraction of sp³-hybridized carbons (Fsp3) is 0.111. The number of anilines is 1. The van der Waals surface area contributed by atoms with Crippen molar-refractivity contribution in [3.8, 4) is 0 Å². The van der Waals surface area contributed by atoms with Gasteiger partial charge in [0.15, 0.2) is 0 Å². The summed E-state index contributed by atoms with van der Waals surface area (Å²) >= 11 is 0. The van der Waals surface area contributed by atoms with E-state index in [-0.39, 0.29) is 11.5 Å². The zero-order chi connectivity index (χ0) is 15.9. The fourth-order valence-electron chi connectivity index (χ4n) is 2.11. The van der Waals surface area contributed by atoms with Crippen LogP contribution in [0.3, 0.4) is 0 Å². The molecule has 0 saturated carbocycles. The Hall–Kier alpha value is -2.88. The number of rotatable bonds is 5. The maximum Gasteiger partial charge on any atom is 0.328 e. The fourth-order valence-corrected chi connectivity index (χ4v) is 2.11. The highest BCUT2D eigenvalue weighted by Crippen LogP contribution is 2.19. The lowest BCUT2D eigenvalue weighted by Gasteiger charge is -2.23. The molecule has 0 bridgehead atoms. The van der Waals surface area contributed by atoms with Crippen molar-refractivity contribution >= 4 is 17.6 Å². The van der Waals surface area contributed by atoms with Crippen LogP contribution in [0.4, 0.5) is 5.69 Å². The number of carboxylic acids is 1. The minimum absolute atomic E-state index is 0.187. The van der Waals surface area contributed by atoms with E-state index in [4.69, 9.17) is 5.11 Å². The van der Waals surface area contributed by atoms with Gasteiger partial charge in [-0.25, -0.2) is 4.79 Å². The van der Waals surface area contributed by atoms with Gasteiger partial charge >= 0.3 is 5.97 Å². The van der Waals surface area contributed by atoms with E-state index in [0.717, 1.165) is 17.3 Å². The molecule has 0 aliphatic rings. The van der Waals surface area contributed by atoms with Crippen LogP contribution < -0.4 is 4.90 Å². The number of aliphatic carboxylic acids is 1. The van der Waals surface area contributed by atoms with E-state index >= 15 is 0 Å². The number of amides is 1. The molecule has 0 spiro atoms. The summed E-state index contributed by atoms with van der Waals surface area (Å²) in [6.45, 7) is 1.89. The molecule has 0 aliphatic heterocycles. The summed E-state index contributed by atoms with van der Waals surface area (Å²) in [6, 6.07) is 18.8. The predicted octanol–water partition coefficient (Wildman–Crippen LogP) is 3.25. The summed E-state index contributed by atoms with van der Waals surface area (Å²) in [4.78, 5) is 24.9. The van der Waals surface area contributed by atoms with Crippen LogP contribution in [-0.2, 0) is 16.1 Å². The van der Waals surface area contributed by atoms with Gasteiger partial charge in [-0.1, -0.05) is 48.5 Å². The topological polar surface area (TPSA) is 57.6 Å². The number of para-hydroxylation sites is 1. The second kappa shape index (κ2) is 7.22. The maximum absolute atomic E-state index is 12.6. The van der Waals surface area contributed by atoms with Gasteiger partial charge in [0.25, 0.3) is 5.91 Å². The first-order valence-corrected chi connectivity index (χ1v) is 6.90. The van der Waals surface area contributed by atoms with Crippen LogP contribution in [0.15, 0.2) is 72.3 Å². The molecule has 0 aliphatic carbocycles. The standard InChI is InChI=1S/C18H17NO3/c1-14(12-17(20)21)18(22)19(16-10-6-3-7-11-16)13-15-8-4-2-5-9-15/h2-12H,13H2,1H3,(H,20,21)/b14-12+. The van der Waals surface area contributed by atoms with Crippen LogP contribution in [0.2, 0.25) is 0 Å². The SMILES string of the molecule is C/C(=C\C(=O)O)C(=O)N(Cc1ccccc1)c1ccccc1. The molecule has 22 heavy (non-hydrogen) atoms. The largest absolute Gasteiger partial charge is 0.478 e. The first-order chi connectivity index (χ1) is 10.6. The molecular formula is C18H17NO3. The lowest BCUT2D eigenvalue weighted by molar-refractivity contribution is -0.131. The summed E-state index contributed by atoms with van der Waals surface area (Å²) in [5, 5.41) is 8.83. The Labute approximate surface area is 129 Å². The highest BCUT2D eigenvalue weighted by atomic mass is 16.4. The Bertz CT molecular complexity index is 678. The average molecular weight is 295 g/mol. The quantitative estimate of drug-likeness (QED) is 0.861. The summed E-state index contributed by atoms with van der Waals surface area (Å²) in [6.07, 6.45) is 0.934. The minimum atomic E-state index is -1.13. The van der Waals surface area contributed by atoms with Gasteiger partial charge in [-0.15, -0.1) is 0 Å². The second-order valence-corrected chi connectivity index (χ2v) is 4.88. The molecule has 0 radical (unpaired) electrons. The summed E-state index contributed by atoms with van der Waals surface area (Å²) in [7, 11) is 0. The maximum atomic E-state index is 12.6. The number of hydrogen-bond donors (Lipinski definition) is 1. The van der Waals surface area contributed by atoms with Gasteiger partial charge in [0.1, 0.15) is 0 Å². The molecule has 112 valence electrons. The van der Waals surface area contributed by atoms with Crippen molar-refractivity contribution in [2.24, 2.45) is 0 Å². The zero-order valence-corrected chi connectivity index (χ0v) is 12.3. The minimum Gasteiger partial charge on any atom is -0.478 e. The molecule has 2 rings (SSSR count). The summed E-state index contributed by atoms with van der Waals surface area (Å²) in [5.41, 5.74) is 1.89. The first kappa shape index (κ1) is 15.5. The Kier molecular flexibility index (Phi) is 5.09. The third-order valence-corrected chi connectivity index (χ3v) is 3.17. The van der Waals surface area contributed by atoms with Crippen LogP contribution in [0.5, 0.6) is 0 Å². The number of carbonyl (C=O) groups is 2. The van der Waals surface area contributed by atoms with E-state index in [1.807, 2.05) is 60.7 Å². The van der Waals surface area contributed by atoms with E-state index in [1.54, 1.807) is 4.90 Å². The predicted molar refractivity (Wildman–Crippen MR) is 85.5 cm³/mol. The average Bonchev–Trinajstić information content (AvgIpc) is 2.53. The van der Waals surface area contributed by atoms with Crippen molar-refractivity contribution in [2.75, 3.05) is 4.90 Å². The van der Waals surface area contributed by atoms with Crippen molar-refractivity contribution in [1.82, 2.24) is 0 Å². The Morgan fingerprint density at radius 1 is 1.00 bits per heavy atom. The zero-order valence-electron chi connectivity index (χ0n) is 12.3. The number of carboxylic acid groups (broad SMARTS) is 1. The third kappa shape index (κ3) is 4.06. The van der Waals surface area contributed by atoms with Gasteiger partial charge in [-0.05, 0) is 24.6 Å². The highest BCUT2D eigenvalue weighted by Gasteiger charge is 2.18. The monoisotopic (exact) mass is 295 g/mol. The molecule has 0 aromatic heterocycles. The van der Waals surface area contributed by atoms with Crippen LogP contribution in [0.1, 0.15) is 12.5 Å². The van der Waals surface area contributed by atoms with Gasteiger partial charge in [0, 0.05) is 17.3 Å². The molecule has 0 unspecified atom stereocenters. The van der Waals surface area contributed by atoms with Gasteiger partial charge in [-0.2, -0.15) is 0 Å².